The van der Waals surface area contributed by atoms with Crippen molar-refractivity contribution in [2.24, 2.45) is 0 Å². The first-order valence-electron chi connectivity index (χ1n) is 2.31. The normalized spacial score (nSPS) is 11.8. The molecule has 0 aliphatic rings. The van der Waals surface area contributed by atoms with Crippen LogP contribution in [0.5, 0.6) is 0 Å². The number of alkyl halides is 6. The molecule has 12 heavy (non-hydrogen) atoms. The van der Waals surface area contributed by atoms with Crippen LogP contribution in [0.3, 0.4) is 0 Å². The fourth-order valence-corrected chi connectivity index (χ4v) is 0. The third-order valence-electron chi connectivity index (χ3n) is 0.243. The molecule has 0 aromatic heterocycles. The molecule has 0 aliphatic heterocycles. The van der Waals surface area contributed by atoms with E-state index in [9.17, 15) is 26.3 Å². The molecule has 0 rings (SSSR count). The molecule has 74 valence electrons. The molecule has 0 atom stereocenters. The second kappa shape index (κ2) is 4.33. The average Bonchev–Trinajstić information content (AvgIpc) is 1.55. The van der Waals surface area contributed by atoms with Crippen molar-refractivity contribution >= 4 is 16.2 Å². The van der Waals surface area contributed by atoms with E-state index < -0.39 is 28.2 Å². The fourth-order valence-electron chi connectivity index (χ4n) is 0. The summed E-state index contributed by atoms with van der Waals surface area (Å²) in [6.07, 6.45) is -5.08. The number of aliphatic carboxylic acids is 1. The average molecular weight is 214 g/mol. The Bertz CT molecular complexity index is 142. The maximum absolute atomic E-state index is 10.6. The van der Waals surface area contributed by atoms with Gasteiger partial charge < -0.3 is 5.11 Å². The number of rotatable bonds is 0. The first kappa shape index (κ1) is 13.8. The van der Waals surface area contributed by atoms with Gasteiger partial charge >= 0.3 is 17.9 Å². The largest absolute Gasteiger partial charge is 0.490 e. The third-order valence-corrected chi connectivity index (χ3v) is 0.243. The molecule has 0 spiro atoms. The molecule has 0 saturated carbocycles. The van der Waals surface area contributed by atoms with Crippen molar-refractivity contribution in [3.8, 4) is 0 Å². The second-order valence-corrected chi connectivity index (χ2v) is 2.72. The van der Waals surface area contributed by atoms with E-state index in [4.69, 9.17) is 9.90 Å². The topological polar surface area (TPSA) is 37.3 Å². The molecule has 1 N–H and O–H groups in total. The minimum atomic E-state index is -5.08. The standard InChI is InChI=1S/C2HF3O2.CH3F3Si/c3-2(4,5)1(6)7;2-1(3,4)5/h(H,6,7);5H3. The van der Waals surface area contributed by atoms with Gasteiger partial charge in [0.05, 0.1) is 0 Å². The third kappa shape index (κ3) is 22.8. The Labute approximate surface area is 65.6 Å². The fraction of sp³-hybridized carbons (Fsp3) is 0.667. The van der Waals surface area contributed by atoms with Crippen molar-refractivity contribution in [3.63, 3.8) is 0 Å². The van der Waals surface area contributed by atoms with Crippen LogP contribution in [0.25, 0.3) is 0 Å². The van der Waals surface area contributed by atoms with Crippen molar-refractivity contribution < 1.29 is 36.2 Å². The van der Waals surface area contributed by atoms with E-state index in [0.717, 1.165) is 0 Å². The minimum Gasteiger partial charge on any atom is -0.475 e. The smallest absolute Gasteiger partial charge is 0.475 e. The van der Waals surface area contributed by atoms with Crippen molar-refractivity contribution in [1.29, 1.82) is 0 Å². The lowest BCUT2D eigenvalue weighted by molar-refractivity contribution is -0.192. The molecule has 0 heterocycles. The van der Waals surface area contributed by atoms with E-state index in [0.29, 0.717) is 0 Å². The summed E-state index contributed by atoms with van der Waals surface area (Å²) < 4.78 is 63.0. The predicted octanol–water partition coefficient (Wildman–Crippen LogP) is 0.505. The van der Waals surface area contributed by atoms with Crippen LogP contribution in [0.2, 0.25) is 0 Å². The predicted molar refractivity (Wildman–Crippen MR) is 29.7 cm³/mol. The molecule has 0 fully saturated rings. The lowest BCUT2D eigenvalue weighted by atomic mass is 10.7. The summed E-state index contributed by atoms with van der Waals surface area (Å²) in [5.74, 6) is -6.62. The van der Waals surface area contributed by atoms with Gasteiger partial charge in [-0.25, -0.2) is 4.79 Å². The van der Waals surface area contributed by atoms with Gasteiger partial charge in [-0.2, -0.15) is 26.3 Å². The van der Waals surface area contributed by atoms with Gasteiger partial charge in [-0.3, -0.25) is 0 Å². The van der Waals surface area contributed by atoms with Crippen molar-refractivity contribution in [2.45, 2.75) is 12.0 Å². The van der Waals surface area contributed by atoms with E-state index in [1.54, 1.807) is 0 Å². The van der Waals surface area contributed by atoms with Gasteiger partial charge in [-0.15, -0.1) is 0 Å². The zero-order valence-electron chi connectivity index (χ0n) is 5.62. The number of carbonyl (C=O) groups is 1. The maximum Gasteiger partial charge on any atom is 0.490 e. The van der Waals surface area contributed by atoms with Crippen LogP contribution in [-0.2, 0) is 4.79 Å². The van der Waals surface area contributed by atoms with Crippen LogP contribution in [0.4, 0.5) is 26.3 Å². The lowest BCUT2D eigenvalue weighted by Gasteiger charge is -1.93. The first-order valence-corrected chi connectivity index (χ1v) is 3.31. The highest BCUT2D eigenvalue weighted by Crippen LogP contribution is 2.13. The summed E-state index contributed by atoms with van der Waals surface area (Å²) in [5.41, 5.74) is 0. The summed E-state index contributed by atoms with van der Waals surface area (Å²) in [4.78, 5) is 8.90. The van der Waals surface area contributed by atoms with Gasteiger partial charge in [0.25, 0.3) is 0 Å². The van der Waals surface area contributed by atoms with E-state index in [2.05, 4.69) is 0 Å². The Balaban J connectivity index is 0. The molecule has 0 amide bonds. The van der Waals surface area contributed by atoms with E-state index in [1.807, 2.05) is 0 Å². The molecular weight excluding hydrogens is 210 g/mol. The van der Waals surface area contributed by atoms with E-state index in [-0.39, 0.29) is 0 Å². The van der Waals surface area contributed by atoms with Crippen LogP contribution in [0.15, 0.2) is 0 Å². The monoisotopic (exact) mass is 214 g/mol. The number of carboxylic acid groups (broad SMARTS) is 1. The van der Waals surface area contributed by atoms with Gasteiger partial charge in [0.2, 0.25) is 0 Å². The van der Waals surface area contributed by atoms with Crippen molar-refractivity contribution in [2.75, 3.05) is 0 Å². The number of carboxylic acids is 1. The van der Waals surface area contributed by atoms with Crippen molar-refractivity contribution in [1.82, 2.24) is 0 Å². The zero-order valence-corrected chi connectivity index (χ0v) is 7.62. The van der Waals surface area contributed by atoms with E-state index >= 15 is 0 Å². The van der Waals surface area contributed by atoms with Gasteiger partial charge in [0.1, 0.15) is 10.2 Å². The minimum absolute atomic E-state index is 0.692. The Kier molecular flexibility index (Phi) is 4.99. The quantitative estimate of drug-likeness (QED) is 0.471. The summed E-state index contributed by atoms with van der Waals surface area (Å²) in [5, 5.41) is 7.12. The molecule has 2 nitrogen and oxygen atoms in total. The SMILES string of the molecule is FC(F)(F)[SiH3].O=C(O)C(F)(F)F. The molecule has 9 heteroatoms. The van der Waals surface area contributed by atoms with Gasteiger partial charge in [0, 0.05) is 0 Å². The Morgan fingerprint density at radius 2 is 1.17 bits per heavy atom. The Morgan fingerprint density at radius 3 is 1.17 bits per heavy atom. The molecule has 0 aromatic rings. The van der Waals surface area contributed by atoms with Crippen LogP contribution in [0, 0.1) is 0 Å². The molecule has 0 bridgehead atoms. The highest BCUT2D eigenvalue weighted by Gasteiger charge is 2.38. The summed E-state index contributed by atoms with van der Waals surface area (Å²) in [7, 11) is -0.692. The highest BCUT2D eigenvalue weighted by atomic mass is 28.1. The molecular formula is C3H4F6O2Si. The van der Waals surface area contributed by atoms with Gasteiger partial charge in [0.15, 0.2) is 0 Å². The lowest BCUT2D eigenvalue weighted by Crippen LogP contribution is -2.21. The van der Waals surface area contributed by atoms with Crippen molar-refractivity contribution in [3.05, 3.63) is 0 Å². The number of hydrogen-bond donors (Lipinski definition) is 1. The Hall–Kier alpha value is -0.733. The summed E-state index contributed by atoms with van der Waals surface area (Å²) in [6.45, 7) is 0. The second-order valence-electron chi connectivity index (χ2n) is 1.58. The highest BCUT2D eigenvalue weighted by molar-refractivity contribution is 6.11. The molecule has 0 saturated heterocycles. The summed E-state index contributed by atoms with van der Waals surface area (Å²) in [6, 6.07) is 0. The van der Waals surface area contributed by atoms with Crippen LogP contribution in [0.1, 0.15) is 0 Å². The van der Waals surface area contributed by atoms with E-state index in [1.165, 1.54) is 0 Å². The van der Waals surface area contributed by atoms with Crippen LogP contribution in [-0.4, -0.2) is 33.3 Å². The molecule has 0 radical (unpaired) electrons. The zero-order chi connectivity index (χ0) is 10.6. The number of hydrogen-bond acceptors (Lipinski definition) is 1. The Morgan fingerprint density at radius 1 is 1.08 bits per heavy atom. The van der Waals surface area contributed by atoms with Crippen LogP contribution < -0.4 is 0 Å². The first-order chi connectivity index (χ1) is 4.94. The summed E-state index contributed by atoms with van der Waals surface area (Å²) >= 11 is 0. The molecule has 0 aromatic carbocycles. The van der Waals surface area contributed by atoms with Gasteiger partial charge in [-0.1, -0.05) is 0 Å². The number of halogens is 6. The maximum atomic E-state index is 10.6. The van der Waals surface area contributed by atoms with Crippen LogP contribution >= 0.6 is 0 Å². The molecule has 0 unspecified atom stereocenters. The molecule has 0 aliphatic carbocycles. The van der Waals surface area contributed by atoms with Gasteiger partial charge in [-0.05, 0) is 0 Å².